The molecule has 0 saturated carbocycles. The molecule has 1 N–H and O–H groups in total. The van der Waals surface area contributed by atoms with E-state index in [-0.39, 0.29) is 12.6 Å². The van der Waals surface area contributed by atoms with E-state index in [2.05, 4.69) is 33.4 Å². The average molecular weight is 586 g/mol. The molecule has 41 heavy (non-hydrogen) atoms. The van der Waals surface area contributed by atoms with Crippen molar-refractivity contribution in [3.63, 3.8) is 0 Å². The Kier molecular flexibility index (Phi) is 7.88. The molecule has 3 aromatic carbocycles. The van der Waals surface area contributed by atoms with Crippen molar-refractivity contribution in [3.8, 4) is 11.1 Å². The molecule has 0 saturated heterocycles. The van der Waals surface area contributed by atoms with E-state index in [9.17, 15) is 9.18 Å². The van der Waals surface area contributed by atoms with Gasteiger partial charge < -0.3 is 5.32 Å². The molecule has 206 valence electrons. The summed E-state index contributed by atoms with van der Waals surface area (Å²) in [6.45, 7) is 2.52. The number of fused-ring (bicyclic) bond motifs is 3. The summed E-state index contributed by atoms with van der Waals surface area (Å²) >= 11 is 12.3. The number of hydrogen-bond donors (Lipinski definition) is 1. The second kappa shape index (κ2) is 11.9. The minimum Gasteiger partial charge on any atom is -0.333 e. The third kappa shape index (κ3) is 6.05. The first-order valence-corrected chi connectivity index (χ1v) is 14.2. The lowest BCUT2D eigenvalue weighted by Crippen LogP contribution is -2.34. The standard InChI is InChI=1S/C33H27Cl2FN4O/c34-26-9-6-22(7-10-26)3-2-15-39-16-13-31-29(21-39)28-19-25(24-4-1-5-27(35)18-24)8-11-30(28)40(31)33(41)38-20-23-12-14-37-32(36)17-23/h1-12,14,17-19H,13,15-16,20-21H2,(H,38,41). The Balaban J connectivity index is 1.32. The van der Waals surface area contributed by atoms with Crippen LogP contribution in [0, 0.1) is 5.95 Å². The van der Waals surface area contributed by atoms with Crippen molar-refractivity contribution in [2.45, 2.75) is 19.5 Å². The van der Waals surface area contributed by atoms with Gasteiger partial charge in [-0.3, -0.25) is 9.47 Å². The Morgan fingerprint density at radius 1 is 0.976 bits per heavy atom. The van der Waals surface area contributed by atoms with Crippen LogP contribution in [0.15, 0.2) is 91.1 Å². The maximum absolute atomic E-state index is 13.6. The molecule has 0 atom stereocenters. The first-order valence-electron chi connectivity index (χ1n) is 13.4. The monoisotopic (exact) mass is 584 g/mol. The summed E-state index contributed by atoms with van der Waals surface area (Å²) in [7, 11) is 0. The summed E-state index contributed by atoms with van der Waals surface area (Å²) in [5.41, 5.74) is 6.78. The molecule has 0 fully saturated rings. The number of pyridine rings is 1. The highest BCUT2D eigenvalue weighted by Crippen LogP contribution is 2.34. The molecule has 5 nitrogen and oxygen atoms in total. The van der Waals surface area contributed by atoms with Crippen LogP contribution in [0.3, 0.4) is 0 Å². The Morgan fingerprint density at radius 2 is 1.80 bits per heavy atom. The average Bonchev–Trinajstić information content (AvgIpc) is 3.30. The van der Waals surface area contributed by atoms with E-state index in [1.165, 1.54) is 12.3 Å². The van der Waals surface area contributed by atoms with E-state index in [0.29, 0.717) is 17.1 Å². The summed E-state index contributed by atoms with van der Waals surface area (Å²) in [4.78, 5) is 19.5. The minimum absolute atomic E-state index is 0.203. The number of halogens is 3. The molecule has 8 heteroatoms. The van der Waals surface area contributed by atoms with Crippen LogP contribution in [-0.2, 0) is 19.5 Å². The predicted molar refractivity (Wildman–Crippen MR) is 164 cm³/mol. The quantitative estimate of drug-likeness (QED) is 0.206. The number of rotatable bonds is 6. The number of amides is 1. The van der Waals surface area contributed by atoms with E-state index in [1.807, 2.05) is 60.7 Å². The molecule has 0 bridgehead atoms. The van der Waals surface area contributed by atoms with Crippen LogP contribution in [0.5, 0.6) is 0 Å². The maximum Gasteiger partial charge on any atom is 0.326 e. The molecule has 3 heterocycles. The zero-order valence-electron chi connectivity index (χ0n) is 22.2. The number of nitrogens with one attached hydrogen (secondary N) is 1. The minimum atomic E-state index is -0.570. The molecule has 1 aliphatic rings. The molecular weight excluding hydrogens is 558 g/mol. The summed E-state index contributed by atoms with van der Waals surface area (Å²) in [6, 6.07) is 24.5. The summed E-state index contributed by atoms with van der Waals surface area (Å²) < 4.78 is 15.4. The van der Waals surface area contributed by atoms with Gasteiger partial charge in [-0.2, -0.15) is 4.39 Å². The molecule has 2 aromatic heterocycles. The largest absolute Gasteiger partial charge is 0.333 e. The molecule has 6 rings (SSSR count). The van der Waals surface area contributed by atoms with Crippen LogP contribution >= 0.6 is 23.2 Å². The summed E-state index contributed by atoms with van der Waals surface area (Å²) in [5, 5.41) is 5.40. The van der Waals surface area contributed by atoms with Crippen molar-refractivity contribution in [1.29, 1.82) is 0 Å². The van der Waals surface area contributed by atoms with Crippen molar-refractivity contribution in [2.75, 3.05) is 13.1 Å². The van der Waals surface area contributed by atoms with Gasteiger partial charge in [0.2, 0.25) is 5.95 Å². The van der Waals surface area contributed by atoms with E-state index < -0.39 is 5.95 Å². The third-order valence-corrected chi connectivity index (χ3v) is 7.85. The summed E-state index contributed by atoms with van der Waals surface area (Å²) in [6.07, 6.45) is 6.38. The highest BCUT2D eigenvalue weighted by atomic mass is 35.5. The number of benzene rings is 3. The van der Waals surface area contributed by atoms with E-state index >= 15 is 0 Å². The highest BCUT2D eigenvalue weighted by molar-refractivity contribution is 6.31. The zero-order chi connectivity index (χ0) is 28.3. The number of aromatic nitrogens is 2. The van der Waals surface area contributed by atoms with Gasteiger partial charge in [0.1, 0.15) is 0 Å². The Morgan fingerprint density at radius 3 is 2.61 bits per heavy atom. The van der Waals surface area contributed by atoms with E-state index in [1.54, 1.807) is 10.6 Å². The van der Waals surface area contributed by atoms with Crippen molar-refractivity contribution in [3.05, 3.63) is 130 Å². The Hall–Kier alpha value is -3.97. The van der Waals surface area contributed by atoms with Gasteiger partial charge in [0, 0.05) is 59.9 Å². The lowest BCUT2D eigenvalue weighted by atomic mass is 10.00. The first-order chi connectivity index (χ1) is 19.9. The normalized spacial score (nSPS) is 13.5. The number of carbonyl (C=O) groups excluding carboxylic acids is 1. The second-order valence-corrected chi connectivity index (χ2v) is 11.0. The van der Waals surface area contributed by atoms with Crippen LogP contribution < -0.4 is 5.32 Å². The van der Waals surface area contributed by atoms with Gasteiger partial charge in [-0.05, 0) is 76.3 Å². The Bertz CT molecular complexity index is 1760. The number of carbonyl (C=O) groups is 1. The number of hydrogen-bond acceptors (Lipinski definition) is 3. The molecular formula is C33H27Cl2FN4O. The fourth-order valence-corrected chi connectivity index (χ4v) is 5.69. The zero-order valence-corrected chi connectivity index (χ0v) is 23.7. The lowest BCUT2D eigenvalue weighted by Gasteiger charge is -2.27. The van der Waals surface area contributed by atoms with Gasteiger partial charge >= 0.3 is 6.03 Å². The lowest BCUT2D eigenvalue weighted by molar-refractivity contribution is 0.240. The molecule has 1 aliphatic heterocycles. The van der Waals surface area contributed by atoms with Gasteiger partial charge in [0.25, 0.3) is 0 Å². The van der Waals surface area contributed by atoms with Crippen LogP contribution in [0.4, 0.5) is 9.18 Å². The van der Waals surface area contributed by atoms with Crippen molar-refractivity contribution in [2.24, 2.45) is 0 Å². The smallest absolute Gasteiger partial charge is 0.326 e. The molecule has 0 unspecified atom stereocenters. The summed E-state index contributed by atoms with van der Waals surface area (Å²) in [5.74, 6) is -0.570. The second-order valence-electron chi connectivity index (χ2n) is 10.1. The molecule has 5 aromatic rings. The van der Waals surface area contributed by atoms with E-state index in [0.717, 1.165) is 63.4 Å². The predicted octanol–water partition coefficient (Wildman–Crippen LogP) is 7.98. The topological polar surface area (TPSA) is 50.2 Å². The van der Waals surface area contributed by atoms with E-state index in [4.69, 9.17) is 23.2 Å². The first kappa shape index (κ1) is 27.2. The molecule has 0 radical (unpaired) electrons. The molecule has 0 spiro atoms. The highest BCUT2D eigenvalue weighted by Gasteiger charge is 2.26. The molecule has 0 aliphatic carbocycles. The van der Waals surface area contributed by atoms with Crippen LogP contribution in [0.1, 0.15) is 22.4 Å². The van der Waals surface area contributed by atoms with Crippen molar-refractivity contribution in [1.82, 2.24) is 19.8 Å². The van der Waals surface area contributed by atoms with Crippen LogP contribution in [0.25, 0.3) is 28.1 Å². The van der Waals surface area contributed by atoms with Gasteiger partial charge in [-0.1, -0.05) is 65.7 Å². The molecule has 1 amide bonds. The van der Waals surface area contributed by atoms with Gasteiger partial charge in [0.05, 0.1) is 5.52 Å². The van der Waals surface area contributed by atoms with Crippen LogP contribution in [-0.4, -0.2) is 33.6 Å². The number of nitrogens with zero attached hydrogens (tertiary/aromatic N) is 3. The van der Waals surface area contributed by atoms with Crippen molar-refractivity contribution < 1.29 is 9.18 Å². The van der Waals surface area contributed by atoms with Gasteiger partial charge in [0.15, 0.2) is 0 Å². The SMILES string of the molecule is O=C(NCc1ccnc(F)c1)n1c2c(c3cc(-c4cccc(Cl)c4)ccc31)CN(CC=Cc1ccc(Cl)cc1)CC2. The van der Waals surface area contributed by atoms with Gasteiger partial charge in [-0.15, -0.1) is 0 Å². The van der Waals surface area contributed by atoms with Crippen molar-refractivity contribution >= 4 is 46.2 Å². The third-order valence-electron chi connectivity index (χ3n) is 7.37. The fraction of sp³-hybridized carbons (Fsp3) is 0.152. The maximum atomic E-state index is 13.6. The fourth-order valence-electron chi connectivity index (χ4n) is 5.37. The van der Waals surface area contributed by atoms with Gasteiger partial charge in [-0.25, -0.2) is 9.78 Å². The Labute approximate surface area is 247 Å². The van der Waals surface area contributed by atoms with Crippen LogP contribution in [0.2, 0.25) is 10.0 Å².